The molecule has 0 atom stereocenters. The molecular weight excluding hydrogens is 430 g/mol. The Morgan fingerprint density at radius 3 is 2.18 bits per heavy atom. The van der Waals surface area contributed by atoms with Crippen LogP contribution in [0.15, 0.2) is 47.0 Å². The number of hydrogen-bond donors (Lipinski definition) is 0. The second-order valence-electron chi connectivity index (χ2n) is 13.0. The average molecular weight is 470 g/mol. The quantitative estimate of drug-likeness (QED) is 0.280. The maximum Gasteiger partial charge on any atom is 0.144 e. The molecule has 0 spiro atoms. The van der Waals surface area contributed by atoms with Gasteiger partial charge in [-0.2, -0.15) is 0 Å². The van der Waals surface area contributed by atoms with E-state index in [-0.39, 0.29) is 0 Å². The van der Waals surface area contributed by atoms with Crippen LogP contribution in [-0.2, 0) is 0 Å². The second-order valence-corrected chi connectivity index (χ2v) is 18.1. The third-order valence-electron chi connectivity index (χ3n) is 8.41. The minimum Gasteiger partial charge on any atom is -0.455 e. The number of aromatic nitrogens is 1. The topological polar surface area (TPSA) is 26.0 Å². The smallest absolute Gasteiger partial charge is 0.144 e. The Kier molecular flexibility index (Phi) is 5.19. The second kappa shape index (κ2) is 7.55. The van der Waals surface area contributed by atoms with E-state index in [4.69, 9.17) is 9.40 Å². The molecule has 3 heteroatoms. The molecule has 0 radical (unpaired) electrons. The van der Waals surface area contributed by atoms with Crippen molar-refractivity contribution in [1.82, 2.24) is 4.98 Å². The van der Waals surface area contributed by atoms with Crippen LogP contribution in [0.2, 0.25) is 19.6 Å². The molecule has 178 valence electrons. The van der Waals surface area contributed by atoms with Gasteiger partial charge in [0.2, 0.25) is 0 Å². The summed E-state index contributed by atoms with van der Waals surface area (Å²) in [6.07, 6.45) is 4.53. The molecule has 0 aliphatic heterocycles. The van der Waals surface area contributed by atoms with Crippen LogP contribution in [0.5, 0.6) is 0 Å². The van der Waals surface area contributed by atoms with Gasteiger partial charge in [-0.25, -0.2) is 0 Å². The molecule has 0 bridgehead atoms. The summed E-state index contributed by atoms with van der Waals surface area (Å²) in [4.78, 5) is 4.79. The molecule has 5 rings (SSSR count). The molecule has 1 aliphatic rings. The molecule has 1 fully saturated rings. The summed E-state index contributed by atoms with van der Waals surface area (Å²) in [7, 11) is -1.61. The van der Waals surface area contributed by atoms with Crippen LogP contribution in [0.25, 0.3) is 33.2 Å². The van der Waals surface area contributed by atoms with Crippen LogP contribution < -0.4 is 5.19 Å². The zero-order chi connectivity index (χ0) is 24.6. The number of aryl methyl sites for hydroxylation is 2. The number of benzene rings is 2. The first-order valence-electron chi connectivity index (χ1n) is 12.7. The van der Waals surface area contributed by atoms with Crippen LogP contribution in [0.3, 0.4) is 0 Å². The maximum absolute atomic E-state index is 6.65. The SMILES string of the molecule is Cc1cnc(-c2ccc([Si](C)(C)C)c3c2oc2ccc(C4C(C)(C)CCC4(C)C)cc23)cc1C. The molecule has 34 heavy (non-hydrogen) atoms. The van der Waals surface area contributed by atoms with Gasteiger partial charge in [0.1, 0.15) is 11.2 Å². The fraction of sp³-hybridized carbons (Fsp3) is 0.452. The zero-order valence-corrected chi connectivity index (χ0v) is 23.4. The lowest BCUT2D eigenvalue weighted by Gasteiger charge is -2.36. The van der Waals surface area contributed by atoms with Gasteiger partial charge in [0.05, 0.1) is 13.8 Å². The van der Waals surface area contributed by atoms with Gasteiger partial charge in [-0.1, -0.05) is 59.5 Å². The van der Waals surface area contributed by atoms with Crippen molar-refractivity contribution in [1.29, 1.82) is 0 Å². The van der Waals surface area contributed by atoms with Crippen LogP contribution in [0.1, 0.15) is 63.1 Å². The van der Waals surface area contributed by atoms with Crippen LogP contribution in [0.4, 0.5) is 0 Å². The predicted molar refractivity (Wildman–Crippen MR) is 149 cm³/mol. The molecule has 1 aliphatic carbocycles. The fourth-order valence-electron chi connectivity index (χ4n) is 6.57. The third kappa shape index (κ3) is 3.64. The van der Waals surface area contributed by atoms with E-state index in [0.29, 0.717) is 16.7 Å². The van der Waals surface area contributed by atoms with Gasteiger partial charge in [0.25, 0.3) is 0 Å². The van der Waals surface area contributed by atoms with E-state index in [9.17, 15) is 0 Å². The van der Waals surface area contributed by atoms with Gasteiger partial charge in [-0.05, 0) is 89.6 Å². The first-order chi connectivity index (χ1) is 15.8. The van der Waals surface area contributed by atoms with Crippen molar-refractivity contribution in [3.8, 4) is 11.3 Å². The van der Waals surface area contributed by atoms with Crippen LogP contribution in [0, 0.1) is 24.7 Å². The van der Waals surface area contributed by atoms with Gasteiger partial charge in [-0.15, -0.1) is 0 Å². The lowest BCUT2D eigenvalue weighted by atomic mass is 9.68. The van der Waals surface area contributed by atoms with Gasteiger partial charge >= 0.3 is 0 Å². The summed E-state index contributed by atoms with van der Waals surface area (Å²) in [6, 6.07) is 13.8. The number of hydrogen-bond acceptors (Lipinski definition) is 2. The Bertz CT molecular complexity index is 1400. The summed E-state index contributed by atoms with van der Waals surface area (Å²) in [5.74, 6) is 0.536. The summed E-state index contributed by atoms with van der Waals surface area (Å²) >= 11 is 0. The van der Waals surface area contributed by atoms with Crippen molar-refractivity contribution in [2.45, 2.75) is 79.9 Å². The first kappa shape index (κ1) is 23.4. The van der Waals surface area contributed by atoms with Crippen LogP contribution >= 0.6 is 0 Å². The van der Waals surface area contributed by atoms with E-state index in [0.717, 1.165) is 22.4 Å². The summed E-state index contributed by atoms with van der Waals surface area (Å²) < 4.78 is 6.65. The minimum absolute atomic E-state index is 0.298. The predicted octanol–water partition coefficient (Wildman–Crippen LogP) is 8.74. The highest BCUT2D eigenvalue weighted by molar-refractivity contribution is 6.90. The molecule has 0 unspecified atom stereocenters. The fourth-order valence-corrected chi connectivity index (χ4v) is 8.15. The summed E-state index contributed by atoms with van der Waals surface area (Å²) in [5, 5.41) is 4.05. The molecule has 2 heterocycles. The van der Waals surface area contributed by atoms with Gasteiger partial charge in [0, 0.05) is 22.5 Å². The van der Waals surface area contributed by atoms with E-state index in [1.54, 1.807) is 0 Å². The Morgan fingerprint density at radius 2 is 1.56 bits per heavy atom. The van der Waals surface area contributed by atoms with E-state index >= 15 is 0 Å². The lowest BCUT2D eigenvalue weighted by molar-refractivity contribution is 0.240. The molecular formula is C31H39NOSi. The van der Waals surface area contributed by atoms with Gasteiger partial charge in [0.15, 0.2) is 0 Å². The third-order valence-corrected chi connectivity index (χ3v) is 10.4. The van der Waals surface area contributed by atoms with E-state index in [2.05, 4.69) is 97.6 Å². The summed E-state index contributed by atoms with van der Waals surface area (Å²) in [5.41, 5.74) is 8.60. The molecule has 4 aromatic rings. The highest BCUT2D eigenvalue weighted by atomic mass is 28.3. The largest absolute Gasteiger partial charge is 0.455 e. The maximum atomic E-state index is 6.65. The van der Waals surface area contributed by atoms with Crippen molar-refractivity contribution in [2.75, 3.05) is 0 Å². The zero-order valence-electron chi connectivity index (χ0n) is 22.4. The number of pyridine rings is 1. The first-order valence-corrected chi connectivity index (χ1v) is 16.2. The molecule has 1 saturated carbocycles. The highest BCUT2D eigenvalue weighted by Crippen LogP contribution is 2.59. The molecule has 0 amide bonds. The normalized spacial score (nSPS) is 18.3. The Balaban J connectivity index is 1.82. The summed E-state index contributed by atoms with van der Waals surface area (Å²) in [6.45, 7) is 21.4. The van der Waals surface area contributed by atoms with Crippen molar-refractivity contribution in [2.24, 2.45) is 10.8 Å². The van der Waals surface area contributed by atoms with Crippen molar-refractivity contribution in [3.63, 3.8) is 0 Å². The standard InChI is InChI=1S/C31H39NOSi/c1-19-16-24(32-18-20(19)2)22-11-13-26(34(7,8)9)27-23-17-21(10-12-25(23)33-28(22)27)29-30(3,4)14-15-31(29,5)6/h10-13,16-18,29H,14-15H2,1-9H3. The van der Waals surface area contributed by atoms with E-state index in [1.165, 1.54) is 45.5 Å². The number of rotatable bonds is 3. The van der Waals surface area contributed by atoms with E-state index in [1.807, 2.05) is 6.20 Å². The molecule has 2 aromatic carbocycles. The molecule has 2 aromatic heterocycles. The van der Waals surface area contributed by atoms with Crippen molar-refractivity contribution in [3.05, 3.63) is 59.3 Å². The molecule has 2 nitrogen and oxygen atoms in total. The highest BCUT2D eigenvalue weighted by Gasteiger charge is 2.47. The van der Waals surface area contributed by atoms with Gasteiger partial charge in [-0.3, -0.25) is 4.98 Å². The number of nitrogens with zero attached hydrogens (tertiary/aromatic N) is 1. The Hall–Kier alpha value is -2.39. The van der Waals surface area contributed by atoms with Crippen molar-refractivity contribution >= 4 is 35.2 Å². The Morgan fingerprint density at radius 1 is 0.882 bits per heavy atom. The lowest BCUT2D eigenvalue weighted by Crippen LogP contribution is -2.38. The monoisotopic (exact) mass is 469 g/mol. The van der Waals surface area contributed by atoms with E-state index < -0.39 is 8.07 Å². The number of furan rings is 1. The molecule has 0 N–H and O–H groups in total. The van der Waals surface area contributed by atoms with Crippen LogP contribution in [-0.4, -0.2) is 13.1 Å². The van der Waals surface area contributed by atoms with Gasteiger partial charge < -0.3 is 4.42 Å². The average Bonchev–Trinajstić information content (AvgIpc) is 3.22. The number of fused-ring (bicyclic) bond motifs is 3. The van der Waals surface area contributed by atoms with Crippen molar-refractivity contribution < 1.29 is 4.42 Å². The Labute approximate surface area is 205 Å². The molecule has 0 saturated heterocycles. The minimum atomic E-state index is -1.61.